The summed E-state index contributed by atoms with van der Waals surface area (Å²) in [5.74, 6) is 1.14. The molecule has 0 bridgehead atoms. The number of aromatic nitrogens is 5. The molecule has 2 aromatic heterocycles. The number of aromatic amines is 1. The summed E-state index contributed by atoms with van der Waals surface area (Å²) in [5, 5.41) is 13.7. The van der Waals surface area contributed by atoms with Gasteiger partial charge in [0.1, 0.15) is 17.6 Å². The van der Waals surface area contributed by atoms with E-state index in [9.17, 15) is 9.18 Å². The molecule has 9 nitrogen and oxygen atoms in total. The fourth-order valence-electron chi connectivity index (χ4n) is 5.00. The maximum atomic E-state index is 13.5. The lowest BCUT2D eigenvalue weighted by Crippen LogP contribution is -2.49. The van der Waals surface area contributed by atoms with Gasteiger partial charge < -0.3 is 14.6 Å². The zero-order valence-corrected chi connectivity index (χ0v) is 22.3. The van der Waals surface area contributed by atoms with Crippen molar-refractivity contribution in [1.82, 2.24) is 30.1 Å². The van der Waals surface area contributed by atoms with Crippen LogP contribution in [0.3, 0.4) is 0 Å². The summed E-state index contributed by atoms with van der Waals surface area (Å²) in [7, 11) is 0. The van der Waals surface area contributed by atoms with E-state index in [1.54, 1.807) is 12.1 Å². The van der Waals surface area contributed by atoms with Crippen LogP contribution >= 0.6 is 0 Å². The first-order valence-corrected chi connectivity index (χ1v) is 13.1. The number of piperazine rings is 1. The van der Waals surface area contributed by atoms with Crippen LogP contribution in [0, 0.1) is 5.82 Å². The lowest BCUT2D eigenvalue weighted by atomic mass is 9.98. The quantitative estimate of drug-likeness (QED) is 0.375. The van der Waals surface area contributed by atoms with Crippen molar-refractivity contribution < 1.29 is 9.13 Å². The SMILES string of the molecule is CCOc1ccc2[nH]c(=O)c([C@H](c3nnnn3C(C)(C)CC)N3CCN(c4ccc(F)cc4)CC3)cc2c1. The summed E-state index contributed by atoms with van der Waals surface area (Å²) in [6.45, 7) is 11.6. The summed E-state index contributed by atoms with van der Waals surface area (Å²) >= 11 is 0. The average molecular weight is 520 g/mol. The molecule has 1 N–H and O–H groups in total. The number of benzene rings is 2. The molecular formula is C28H34FN7O2. The van der Waals surface area contributed by atoms with E-state index in [0.29, 0.717) is 31.1 Å². The highest BCUT2D eigenvalue weighted by molar-refractivity contribution is 5.80. The number of fused-ring (bicyclic) bond motifs is 1. The number of nitrogens with one attached hydrogen (secondary N) is 1. The largest absolute Gasteiger partial charge is 0.494 e. The Kier molecular flexibility index (Phi) is 7.16. The Labute approximate surface area is 221 Å². The van der Waals surface area contributed by atoms with Crippen molar-refractivity contribution in [2.45, 2.75) is 45.7 Å². The van der Waals surface area contributed by atoms with Gasteiger partial charge in [-0.25, -0.2) is 9.07 Å². The number of nitrogens with zero attached hydrogens (tertiary/aromatic N) is 6. The second-order valence-electron chi connectivity index (χ2n) is 10.3. The van der Waals surface area contributed by atoms with Gasteiger partial charge in [0.15, 0.2) is 5.82 Å². The molecule has 1 atom stereocenters. The predicted molar refractivity (Wildman–Crippen MR) is 145 cm³/mol. The maximum Gasteiger partial charge on any atom is 0.253 e. The molecule has 0 amide bonds. The smallest absolute Gasteiger partial charge is 0.253 e. The highest BCUT2D eigenvalue weighted by Gasteiger charge is 2.35. The fraction of sp³-hybridized carbons (Fsp3) is 0.429. The number of hydrogen-bond acceptors (Lipinski definition) is 7. The zero-order chi connectivity index (χ0) is 26.9. The highest BCUT2D eigenvalue weighted by atomic mass is 19.1. The van der Waals surface area contributed by atoms with E-state index in [4.69, 9.17) is 4.74 Å². The Morgan fingerprint density at radius 1 is 1.05 bits per heavy atom. The second kappa shape index (κ2) is 10.5. The minimum absolute atomic E-state index is 0.170. The van der Waals surface area contributed by atoms with E-state index >= 15 is 0 Å². The summed E-state index contributed by atoms with van der Waals surface area (Å²) in [4.78, 5) is 21.1. The third kappa shape index (κ3) is 5.00. The summed E-state index contributed by atoms with van der Waals surface area (Å²) < 4.78 is 21.0. The Balaban J connectivity index is 1.56. The molecule has 0 radical (unpaired) electrons. The number of ether oxygens (including phenoxy) is 1. The summed E-state index contributed by atoms with van der Waals surface area (Å²) in [5.41, 5.74) is 1.81. The highest BCUT2D eigenvalue weighted by Crippen LogP contribution is 2.32. The van der Waals surface area contributed by atoms with Crippen LogP contribution in [0.5, 0.6) is 5.75 Å². The van der Waals surface area contributed by atoms with Crippen molar-refractivity contribution in [3.8, 4) is 5.75 Å². The Morgan fingerprint density at radius 2 is 1.79 bits per heavy atom. The molecule has 0 spiro atoms. The molecule has 5 rings (SSSR count). The van der Waals surface area contributed by atoms with Gasteiger partial charge >= 0.3 is 0 Å². The molecule has 0 saturated carbocycles. The molecule has 1 aliphatic rings. The van der Waals surface area contributed by atoms with Crippen molar-refractivity contribution in [3.05, 3.63) is 76.1 Å². The average Bonchev–Trinajstić information content (AvgIpc) is 3.41. The third-order valence-corrected chi connectivity index (χ3v) is 7.50. The third-order valence-electron chi connectivity index (χ3n) is 7.50. The van der Waals surface area contributed by atoms with E-state index in [1.165, 1.54) is 12.1 Å². The fourth-order valence-corrected chi connectivity index (χ4v) is 5.00. The van der Waals surface area contributed by atoms with Crippen molar-refractivity contribution >= 4 is 16.6 Å². The molecule has 1 saturated heterocycles. The van der Waals surface area contributed by atoms with Crippen molar-refractivity contribution in [2.75, 3.05) is 37.7 Å². The number of hydrogen-bond donors (Lipinski definition) is 1. The minimum Gasteiger partial charge on any atom is -0.494 e. The van der Waals surface area contributed by atoms with E-state index in [2.05, 4.69) is 51.1 Å². The summed E-state index contributed by atoms with van der Waals surface area (Å²) in [6.07, 6.45) is 0.821. The minimum atomic E-state index is -0.449. The Morgan fingerprint density at radius 3 is 2.47 bits per heavy atom. The molecule has 4 aromatic rings. The molecule has 3 heterocycles. The molecule has 10 heteroatoms. The maximum absolute atomic E-state index is 13.5. The molecule has 1 fully saturated rings. The summed E-state index contributed by atoms with van der Waals surface area (Å²) in [6, 6.07) is 13.7. The number of rotatable bonds is 8. The van der Waals surface area contributed by atoms with Gasteiger partial charge in [0.05, 0.1) is 12.1 Å². The molecule has 0 aliphatic carbocycles. The first kappa shape index (κ1) is 25.8. The second-order valence-corrected chi connectivity index (χ2v) is 10.3. The molecule has 0 unspecified atom stereocenters. The van der Waals surface area contributed by atoms with Crippen LogP contribution in [0.15, 0.2) is 53.3 Å². The molecular weight excluding hydrogens is 485 g/mol. The van der Waals surface area contributed by atoms with Gasteiger partial charge in [-0.2, -0.15) is 0 Å². The number of H-pyrrole nitrogens is 1. The number of pyridine rings is 1. The van der Waals surface area contributed by atoms with Gasteiger partial charge in [-0.05, 0) is 86.1 Å². The first-order chi connectivity index (χ1) is 18.3. The van der Waals surface area contributed by atoms with Crippen LogP contribution in [0.4, 0.5) is 10.1 Å². The van der Waals surface area contributed by atoms with Gasteiger partial charge in [0, 0.05) is 48.3 Å². The molecule has 1 aliphatic heterocycles. The number of tetrazole rings is 1. The standard InChI is InChI=1S/C28H34FN7O2/c1-5-28(3,4)36-26(31-32-33-36)25(35-15-13-34(14-16-35)21-9-7-20(29)8-10-21)23-18-19-17-22(38-6-2)11-12-24(19)30-27(23)37/h7-12,17-18,25H,5-6,13-16H2,1-4H3,(H,30,37)/t25-/m1/s1. The van der Waals surface area contributed by atoms with E-state index in [-0.39, 0.29) is 16.9 Å². The number of anilines is 1. The topological polar surface area (TPSA) is 92.2 Å². The van der Waals surface area contributed by atoms with Gasteiger partial charge in [-0.1, -0.05) is 6.92 Å². The van der Waals surface area contributed by atoms with Crippen LogP contribution in [-0.4, -0.2) is 62.9 Å². The van der Waals surface area contributed by atoms with E-state index in [1.807, 2.05) is 35.9 Å². The van der Waals surface area contributed by atoms with Gasteiger partial charge in [0.25, 0.3) is 5.56 Å². The van der Waals surface area contributed by atoms with Gasteiger partial charge in [0.2, 0.25) is 0 Å². The van der Waals surface area contributed by atoms with Crippen LogP contribution in [0.25, 0.3) is 10.9 Å². The van der Waals surface area contributed by atoms with E-state index in [0.717, 1.165) is 41.9 Å². The number of halogens is 1. The Hall–Kier alpha value is -3.79. The Bertz CT molecular complexity index is 1460. The zero-order valence-electron chi connectivity index (χ0n) is 22.3. The predicted octanol–water partition coefficient (Wildman–Crippen LogP) is 4.11. The normalized spacial score (nSPS) is 15.7. The molecule has 38 heavy (non-hydrogen) atoms. The van der Waals surface area contributed by atoms with Crippen molar-refractivity contribution in [3.63, 3.8) is 0 Å². The molecule has 2 aromatic carbocycles. The molecule has 200 valence electrons. The van der Waals surface area contributed by atoms with Crippen LogP contribution in [0.1, 0.15) is 51.5 Å². The van der Waals surface area contributed by atoms with Crippen LogP contribution < -0.4 is 15.2 Å². The van der Waals surface area contributed by atoms with Crippen molar-refractivity contribution in [2.24, 2.45) is 0 Å². The van der Waals surface area contributed by atoms with Crippen LogP contribution in [-0.2, 0) is 5.54 Å². The monoisotopic (exact) mass is 519 g/mol. The van der Waals surface area contributed by atoms with Gasteiger partial charge in [-0.15, -0.1) is 5.10 Å². The van der Waals surface area contributed by atoms with Crippen LogP contribution in [0.2, 0.25) is 0 Å². The first-order valence-electron chi connectivity index (χ1n) is 13.1. The van der Waals surface area contributed by atoms with Crippen molar-refractivity contribution in [1.29, 1.82) is 0 Å². The lowest BCUT2D eigenvalue weighted by Gasteiger charge is -2.40. The van der Waals surface area contributed by atoms with Gasteiger partial charge in [-0.3, -0.25) is 9.69 Å². The van der Waals surface area contributed by atoms with E-state index < -0.39 is 6.04 Å². The lowest BCUT2D eigenvalue weighted by molar-refractivity contribution is 0.186.